The second-order valence-corrected chi connectivity index (χ2v) is 8.66. The molecule has 1 aromatic carbocycles. The van der Waals surface area contributed by atoms with Crippen molar-refractivity contribution in [3.8, 4) is 0 Å². The highest BCUT2D eigenvalue weighted by Crippen LogP contribution is 2.31. The Kier molecular flexibility index (Phi) is 7.54. The number of hydrazine groups is 1. The van der Waals surface area contributed by atoms with Crippen molar-refractivity contribution >= 4 is 46.7 Å². The maximum absolute atomic E-state index is 12.1. The van der Waals surface area contributed by atoms with Gasteiger partial charge in [-0.05, 0) is 25.5 Å². The fourth-order valence-electron chi connectivity index (χ4n) is 1.58. The molecule has 0 bridgehead atoms. The SMILES string of the molecule is CCCSc1nnc(S[C@H](C)C(=O)NNC(=O)c2ccccc2)s1. The molecule has 0 unspecified atom stereocenters. The topological polar surface area (TPSA) is 84.0 Å². The van der Waals surface area contributed by atoms with Gasteiger partial charge in [-0.1, -0.05) is 60.0 Å². The molecule has 1 aromatic heterocycles. The van der Waals surface area contributed by atoms with Gasteiger partial charge in [0.1, 0.15) is 0 Å². The van der Waals surface area contributed by atoms with Crippen LogP contribution < -0.4 is 10.9 Å². The summed E-state index contributed by atoms with van der Waals surface area (Å²) in [5, 5.41) is 7.78. The highest BCUT2D eigenvalue weighted by Gasteiger charge is 2.18. The summed E-state index contributed by atoms with van der Waals surface area (Å²) < 4.78 is 1.65. The molecule has 0 aliphatic carbocycles. The summed E-state index contributed by atoms with van der Waals surface area (Å²) in [5.74, 6) is 0.360. The van der Waals surface area contributed by atoms with Crippen molar-refractivity contribution < 1.29 is 9.59 Å². The molecule has 6 nitrogen and oxygen atoms in total. The van der Waals surface area contributed by atoms with Crippen LogP contribution >= 0.6 is 34.9 Å². The molecule has 0 aliphatic rings. The van der Waals surface area contributed by atoms with Crippen LogP contribution in [0.4, 0.5) is 0 Å². The van der Waals surface area contributed by atoms with E-state index in [4.69, 9.17) is 0 Å². The summed E-state index contributed by atoms with van der Waals surface area (Å²) in [5.41, 5.74) is 5.33. The zero-order valence-electron chi connectivity index (χ0n) is 13.3. The predicted molar refractivity (Wildman–Crippen MR) is 98.3 cm³/mol. The first-order valence-electron chi connectivity index (χ1n) is 7.38. The van der Waals surface area contributed by atoms with Crippen molar-refractivity contribution in [2.24, 2.45) is 0 Å². The predicted octanol–water partition coefficient (Wildman–Crippen LogP) is 2.98. The van der Waals surface area contributed by atoms with Gasteiger partial charge < -0.3 is 0 Å². The lowest BCUT2D eigenvalue weighted by Crippen LogP contribution is -2.44. The number of carbonyl (C=O) groups excluding carboxylic acids is 2. The average molecular weight is 383 g/mol. The fraction of sp³-hybridized carbons (Fsp3) is 0.333. The summed E-state index contributed by atoms with van der Waals surface area (Å²) in [7, 11) is 0. The van der Waals surface area contributed by atoms with Gasteiger partial charge in [-0.3, -0.25) is 20.4 Å². The van der Waals surface area contributed by atoms with Crippen molar-refractivity contribution in [3.05, 3.63) is 35.9 Å². The minimum absolute atomic E-state index is 0.290. The number of rotatable bonds is 7. The average Bonchev–Trinajstić information content (AvgIpc) is 3.05. The van der Waals surface area contributed by atoms with E-state index in [2.05, 4.69) is 28.0 Å². The van der Waals surface area contributed by atoms with Crippen LogP contribution in [0.25, 0.3) is 0 Å². The minimum atomic E-state index is -0.391. The summed E-state index contributed by atoms with van der Waals surface area (Å²) in [6.07, 6.45) is 1.08. The van der Waals surface area contributed by atoms with Crippen LogP contribution in [0.5, 0.6) is 0 Å². The Morgan fingerprint density at radius 2 is 1.88 bits per heavy atom. The van der Waals surface area contributed by atoms with Gasteiger partial charge in [0.25, 0.3) is 11.8 Å². The van der Waals surface area contributed by atoms with Gasteiger partial charge in [0, 0.05) is 11.3 Å². The third-order valence-corrected chi connectivity index (χ3v) is 6.25. The molecule has 2 aromatic rings. The lowest BCUT2D eigenvalue weighted by Gasteiger charge is -2.11. The van der Waals surface area contributed by atoms with E-state index in [1.54, 1.807) is 43.0 Å². The van der Waals surface area contributed by atoms with Gasteiger partial charge in [-0.25, -0.2) is 0 Å². The standard InChI is InChI=1S/C15H18N4O2S3/c1-3-9-22-14-18-19-15(24-14)23-10(2)12(20)16-17-13(21)11-7-5-4-6-8-11/h4-8,10H,3,9H2,1-2H3,(H,16,20)(H,17,21)/t10-/m1/s1. The Morgan fingerprint density at radius 3 is 2.58 bits per heavy atom. The molecule has 9 heteroatoms. The third kappa shape index (κ3) is 5.81. The maximum atomic E-state index is 12.1. The van der Waals surface area contributed by atoms with Gasteiger partial charge >= 0.3 is 0 Å². The first-order chi connectivity index (χ1) is 11.6. The molecule has 2 N–H and O–H groups in total. The second kappa shape index (κ2) is 9.65. The molecular weight excluding hydrogens is 364 g/mol. The highest BCUT2D eigenvalue weighted by atomic mass is 32.2. The van der Waals surface area contributed by atoms with Crippen LogP contribution in [0, 0.1) is 0 Å². The molecule has 2 amide bonds. The Hall–Kier alpha value is -1.58. The summed E-state index contributed by atoms with van der Waals surface area (Å²) in [6.45, 7) is 3.87. The van der Waals surface area contributed by atoms with Gasteiger partial charge in [-0.2, -0.15) is 0 Å². The Bertz CT molecular complexity index is 678. The quantitative estimate of drug-likeness (QED) is 0.566. The molecule has 24 heavy (non-hydrogen) atoms. The van der Waals surface area contributed by atoms with E-state index in [0.29, 0.717) is 5.56 Å². The van der Waals surface area contributed by atoms with E-state index in [-0.39, 0.29) is 11.8 Å². The molecule has 1 atom stereocenters. The van der Waals surface area contributed by atoms with E-state index >= 15 is 0 Å². The third-order valence-electron chi connectivity index (χ3n) is 2.80. The van der Waals surface area contributed by atoms with E-state index in [0.717, 1.165) is 20.9 Å². The Morgan fingerprint density at radius 1 is 1.17 bits per heavy atom. The summed E-state index contributed by atoms with van der Waals surface area (Å²) in [4.78, 5) is 23.9. The molecule has 128 valence electrons. The summed E-state index contributed by atoms with van der Waals surface area (Å²) >= 11 is 4.46. The Labute approximate surface area is 153 Å². The zero-order chi connectivity index (χ0) is 17.4. The normalized spacial score (nSPS) is 11.8. The first kappa shape index (κ1) is 18.8. The van der Waals surface area contributed by atoms with Crippen LogP contribution in [0.15, 0.2) is 39.0 Å². The number of hydrogen-bond acceptors (Lipinski definition) is 7. The van der Waals surface area contributed by atoms with Gasteiger partial charge in [0.05, 0.1) is 5.25 Å². The van der Waals surface area contributed by atoms with Crippen LogP contribution in [0.2, 0.25) is 0 Å². The maximum Gasteiger partial charge on any atom is 0.269 e. The second-order valence-electron chi connectivity index (χ2n) is 4.75. The number of hydrogen-bond donors (Lipinski definition) is 2. The molecule has 0 radical (unpaired) electrons. The molecule has 0 saturated carbocycles. The van der Waals surface area contributed by atoms with Crippen molar-refractivity contribution in [1.82, 2.24) is 21.0 Å². The van der Waals surface area contributed by atoms with E-state index < -0.39 is 5.25 Å². The van der Waals surface area contributed by atoms with Gasteiger partial charge in [-0.15, -0.1) is 10.2 Å². The molecule has 0 fully saturated rings. The largest absolute Gasteiger partial charge is 0.272 e. The van der Waals surface area contributed by atoms with Crippen LogP contribution in [0.3, 0.4) is 0 Å². The van der Waals surface area contributed by atoms with E-state index in [1.807, 2.05) is 6.07 Å². The van der Waals surface area contributed by atoms with Gasteiger partial charge in [0.15, 0.2) is 8.68 Å². The number of benzene rings is 1. The number of aromatic nitrogens is 2. The minimum Gasteiger partial charge on any atom is -0.272 e. The zero-order valence-corrected chi connectivity index (χ0v) is 15.8. The van der Waals surface area contributed by atoms with E-state index in [1.165, 1.54) is 23.1 Å². The number of nitrogens with one attached hydrogen (secondary N) is 2. The molecule has 2 rings (SSSR count). The monoisotopic (exact) mass is 382 g/mol. The van der Waals surface area contributed by atoms with Crippen molar-refractivity contribution in [2.75, 3.05) is 5.75 Å². The number of nitrogens with zero attached hydrogens (tertiary/aromatic N) is 2. The van der Waals surface area contributed by atoms with Crippen molar-refractivity contribution in [1.29, 1.82) is 0 Å². The molecule has 0 spiro atoms. The smallest absolute Gasteiger partial charge is 0.269 e. The molecule has 0 aliphatic heterocycles. The van der Waals surface area contributed by atoms with Gasteiger partial charge in [0.2, 0.25) is 0 Å². The Balaban J connectivity index is 1.79. The summed E-state index contributed by atoms with van der Waals surface area (Å²) in [6, 6.07) is 8.70. The molecule has 1 heterocycles. The lowest BCUT2D eigenvalue weighted by molar-refractivity contribution is -0.121. The van der Waals surface area contributed by atoms with Crippen LogP contribution in [-0.2, 0) is 4.79 Å². The fourth-order valence-corrected chi connectivity index (χ4v) is 4.67. The molecule has 0 saturated heterocycles. The number of thioether (sulfide) groups is 2. The van der Waals surface area contributed by atoms with Crippen LogP contribution in [-0.4, -0.2) is 33.0 Å². The first-order valence-corrected chi connectivity index (χ1v) is 10.1. The van der Waals surface area contributed by atoms with Crippen LogP contribution in [0.1, 0.15) is 30.6 Å². The van der Waals surface area contributed by atoms with Crippen molar-refractivity contribution in [2.45, 2.75) is 34.2 Å². The number of amides is 2. The lowest BCUT2D eigenvalue weighted by atomic mass is 10.2. The van der Waals surface area contributed by atoms with Crippen molar-refractivity contribution in [3.63, 3.8) is 0 Å². The number of carbonyl (C=O) groups is 2. The highest BCUT2D eigenvalue weighted by molar-refractivity contribution is 8.03. The molecular formula is C15H18N4O2S3. The van der Waals surface area contributed by atoms with E-state index in [9.17, 15) is 9.59 Å².